The number of nitrogens with two attached hydrogens (primary N) is 1. The first-order valence-electron chi connectivity index (χ1n) is 7.50. The third-order valence-electron chi connectivity index (χ3n) is 4.25. The first kappa shape index (κ1) is 15.1. The molecule has 3 rings (SSSR count). The van der Waals surface area contributed by atoms with Crippen molar-refractivity contribution in [3.8, 4) is 11.3 Å². The van der Waals surface area contributed by atoms with Crippen molar-refractivity contribution in [2.24, 2.45) is 11.7 Å². The second kappa shape index (κ2) is 6.50. The summed E-state index contributed by atoms with van der Waals surface area (Å²) >= 11 is 6.15. The molecule has 0 aliphatic heterocycles. The Kier molecular flexibility index (Phi) is 4.45. The van der Waals surface area contributed by atoms with Crippen LogP contribution in [0.3, 0.4) is 0 Å². The Bertz CT molecular complexity index is 670. The lowest BCUT2D eigenvalue weighted by molar-refractivity contribution is 0.0923. The molecule has 1 aliphatic rings. The van der Waals surface area contributed by atoms with Crippen molar-refractivity contribution in [2.75, 3.05) is 6.54 Å². The molecular weight excluding hydrogens is 300 g/mol. The maximum absolute atomic E-state index is 12.3. The lowest BCUT2D eigenvalue weighted by Gasteiger charge is -2.18. The van der Waals surface area contributed by atoms with Crippen LogP contribution in [0.4, 0.5) is 0 Å². The molecule has 116 valence electrons. The van der Waals surface area contributed by atoms with Gasteiger partial charge in [0.05, 0.1) is 10.7 Å². The summed E-state index contributed by atoms with van der Waals surface area (Å²) in [6.45, 7) is 0.610. The number of hydrogen-bond acceptors (Lipinski definition) is 3. The van der Waals surface area contributed by atoms with Crippen molar-refractivity contribution in [1.29, 1.82) is 0 Å². The van der Waals surface area contributed by atoms with Crippen LogP contribution in [0, 0.1) is 5.92 Å². The number of carbonyl (C=O) groups is 1. The lowest BCUT2D eigenvalue weighted by atomic mass is 10.0. The molecule has 1 aliphatic carbocycles. The number of nitrogens with one attached hydrogen (secondary N) is 2. The molecule has 1 saturated carbocycles. The van der Waals surface area contributed by atoms with E-state index < -0.39 is 0 Å². The quantitative estimate of drug-likeness (QED) is 0.810. The van der Waals surface area contributed by atoms with Crippen molar-refractivity contribution >= 4 is 17.5 Å². The average Bonchev–Trinajstić information content (AvgIpc) is 3.16. The number of nitrogens with zero attached hydrogens (tertiary/aromatic N) is 1. The van der Waals surface area contributed by atoms with E-state index in [0.717, 1.165) is 24.8 Å². The summed E-state index contributed by atoms with van der Waals surface area (Å²) in [4.78, 5) is 12.3. The lowest BCUT2D eigenvalue weighted by Crippen LogP contribution is -2.40. The molecule has 1 aromatic carbocycles. The number of aromatic amines is 1. The third kappa shape index (κ3) is 3.00. The number of rotatable bonds is 4. The summed E-state index contributed by atoms with van der Waals surface area (Å²) in [6, 6.07) is 9.31. The van der Waals surface area contributed by atoms with E-state index >= 15 is 0 Å². The monoisotopic (exact) mass is 318 g/mol. The summed E-state index contributed by atoms with van der Waals surface area (Å²) in [7, 11) is 0. The summed E-state index contributed by atoms with van der Waals surface area (Å²) < 4.78 is 0. The standard InChI is InChI=1S/C16H19ClN4O/c17-12-6-2-1-5-11(12)14-8-15(21-20-14)16(22)19-13-7-3-4-10(13)9-18/h1-2,5-6,8,10,13H,3-4,7,9,18H2,(H,19,22)(H,20,21). The fourth-order valence-electron chi connectivity index (χ4n) is 3.00. The number of H-pyrrole nitrogens is 1. The van der Waals surface area contributed by atoms with E-state index in [4.69, 9.17) is 17.3 Å². The highest BCUT2D eigenvalue weighted by molar-refractivity contribution is 6.33. The van der Waals surface area contributed by atoms with Crippen LogP contribution in [0.1, 0.15) is 29.8 Å². The Labute approximate surface area is 134 Å². The number of amides is 1. The molecule has 1 fully saturated rings. The summed E-state index contributed by atoms with van der Waals surface area (Å²) in [5, 5.41) is 10.6. The van der Waals surface area contributed by atoms with Crippen molar-refractivity contribution < 1.29 is 4.79 Å². The van der Waals surface area contributed by atoms with Gasteiger partial charge < -0.3 is 11.1 Å². The van der Waals surface area contributed by atoms with Crippen LogP contribution in [0.25, 0.3) is 11.3 Å². The fraction of sp³-hybridized carbons (Fsp3) is 0.375. The molecule has 0 saturated heterocycles. The van der Waals surface area contributed by atoms with Crippen molar-refractivity contribution in [3.05, 3.63) is 41.0 Å². The van der Waals surface area contributed by atoms with Crippen molar-refractivity contribution in [2.45, 2.75) is 25.3 Å². The zero-order chi connectivity index (χ0) is 15.5. The Balaban J connectivity index is 1.73. The number of halogens is 1. The van der Waals surface area contributed by atoms with Gasteiger partial charge in [-0.05, 0) is 37.4 Å². The zero-order valence-corrected chi connectivity index (χ0v) is 12.9. The number of aromatic nitrogens is 2. The molecular formula is C16H19ClN4O. The van der Waals surface area contributed by atoms with E-state index in [1.807, 2.05) is 18.2 Å². The summed E-state index contributed by atoms with van der Waals surface area (Å²) in [5.41, 5.74) is 7.66. The Morgan fingerprint density at radius 2 is 2.23 bits per heavy atom. The highest BCUT2D eigenvalue weighted by atomic mass is 35.5. The van der Waals surface area contributed by atoms with Gasteiger partial charge in [0.1, 0.15) is 5.69 Å². The molecule has 0 radical (unpaired) electrons. The molecule has 1 aromatic heterocycles. The first-order chi connectivity index (χ1) is 10.7. The van der Waals surface area contributed by atoms with Crippen LogP contribution in [-0.2, 0) is 0 Å². The molecule has 0 bridgehead atoms. The molecule has 2 atom stereocenters. The minimum Gasteiger partial charge on any atom is -0.348 e. The molecule has 2 aromatic rings. The van der Waals surface area contributed by atoms with Crippen LogP contribution in [0.15, 0.2) is 30.3 Å². The van der Waals surface area contributed by atoms with Crippen LogP contribution in [0.2, 0.25) is 5.02 Å². The normalized spacial score (nSPS) is 21.0. The van der Waals surface area contributed by atoms with Crippen LogP contribution in [0.5, 0.6) is 0 Å². The minimum absolute atomic E-state index is 0.142. The third-order valence-corrected chi connectivity index (χ3v) is 4.58. The zero-order valence-electron chi connectivity index (χ0n) is 12.2. The van der Waals surface area contributed by atoms with Gasteiger partial charge in [0, 0.05) is 11.6 Å². The van der Waals surface area contributed by atoms with Crippen LogP contribution >= 0.6 is 11.6 Å². The molecule has 2 unspecified atom stereocenters. The van der Waals surface area contributed by atoms with Gasteiger partial charge >= 0.3 is 0 Å². The Hall–Kier alpha value is -1.85. The van der Waals surface area contributed by atoms with Gasteiger partial charge in [-0.3, -0.25) is 9.89 Å². The van der Waals surface area contributed by atoms with Gasteiger partial charge in [-0.25, -0.2) is 0 Å². The second-order valence-corrected chi connectivity index (χ2v) is 6.06. The van der Waals surface area contributed by atoms with E-state index in [1.54, 1.807) is 12.1 Å². The molecule has 6 heteroatoms. The summed E-state index contributed by atoms with van der Waals surface area (Å²) in [5.74, 6) is 0.228. The number of hydrogen-bond donors (Lipinski definition) is 3. The van der Waals surface area contributed by atoms with Gasteiger partial charge in [-0.2, -0.15) is 5.10 Å². The van der Waals surface area contributed by atoms with Gasteiger partial charge in [0.15, 0.2) is 0 Å². The van der Waals surface area contributed by atoms with Crippen molar-refractivity contribution in [3.63, 3.8) is 0 Å². The number of carbonyl (C=O) groups excluding carboxylic acids is 1. The maximum atomic E-state index is 12.3. The van der Waals surface area contributed by atoms with Gasteiger partial charge in [0.25, 0.3) is 5.91 Å². The van der Waals surface area contributed by atoms with E-state index in [2.05, 4.69) is 15.5 Å². The van der Waals surface area contributed by atoms with Crippen LogP contribution in [-0.4, -0.2) is 28.7 Å². The van der Waals surface area contributed by atoms with Gasteiger partial charge in [-0.15, -0.1) is 0 Å². The van der Waals surface area contributed by atoms with Crippen molar-refractivity contribution in [1.82, 2.24) is 15.5 Å². The largest absolute Gasteiger partial charge is 0.348 e. The van der Waals surface area contributed by atoms with E-state index in [0.29, 0.717) is 28.9 Å². The average molecular weight is 319 g/mol. The fourth-order valence-corrected chi connectivity index (χ4v) is 3.23. The summed E-state index contributed by atoms with van der Waals surface area (Å²) in [6.07, 6.45) is 3.18. The van der Waals surface area contributed by atoms with Gasteiger partial charge in [-0.1, -0.05) is 36.2 Å². The highest BCUT2D eigenvalue weighted by Crippen LogP contribution is 2.27. The predicted molar refractivity (Wildman–Crippen MR) is 86.7 cm³/mol. The molecule has 22 heavy (non-hydrogen) atoms. The molecule has 4 N–H and O–H groups in total. The Morgan fingerprint density at radius 1 is 1.41 bits per heavy atom. The SMILES string of the molecule is NCC1CCCC1NC(=O)c1cc(-c2ccccc2Cl)n[nH]1. The van der Waals surface area contributed by atoms with Gasteiger partial charge in [0.2, 0.25) is 0 Å². The molecule has 1 amide bonds. The van der Waals surface area contributed by atoms with E-state index in [1.165, 1.54) is 0 Å². The van der Waals surface area contributed by atoms with Crippen LogP contribution < -0.4 is 11.1 Å². The molecule has 5 nitrogen and oxygen atoms in total. The topological polar surface area (TPSA) is 83.8 Å². The Morgan fingerprint density at radius 3 is 3.00 bits per heavy atom. The van der Waals surface area contributed by atoms with E-state index in [9.17, 15) is 4.79 Å². The minimum atomic E-state index is -0.142. The maximum Gasteiger partial charge on any atom is 0.269 e. The smallest absolute Gasteiger partial charge is 0.269 e. The van der Waals surface area contributed by atoms with E-state index in [-0.39, 0.29) is 11.9 Å². The predicted octanol–water partition coefficient (Wildman–Crippen LogP) is 2.59. The first-order valence-corrected chi connectivity index (χ1v) is 7.88. The highest BCUT2D eigenvalue weighted by Gasteiger charge is 2.28. The number of benzene rings is 1. The molecule has 0 spiro atoms. The second-order valence-electron chi connectivity index (χ2n) is 5.65. The molecule has 1 heterocycles.